The summed E-state index contributed by atoms with van der Waals surface area (Å²) in [6, 6.07) is -0.0615. The molecule has 5 N–H and O–H groups in total. The van der Waals surface area contributed by atoms with E-state index in [0.29, 0.717) is 13.0 Å². The van der Waals surface area contributed by atoms with Crippen LogP contribution in [0.5, 0.6) is 0 Å². The molecule has 1 saturated heterocycles. The zero-order valence-electron chi connectivity index (χ0n) is 5.00. The quantitative estimate of drug-likeness (QED) is 0.281. The van der Waals surface area contributed by atoms with Gasteiger partial charge in [-0.25, -0.2) is 0 Å². The highest BCUT2D eigenvalue weighted by Gasteiger charge is 2.25. The first-order valence-corrected chi connectivity index (χ1v) is 2.76. The van der Waals surface area contributed by atoms with E-state index in [2.05, 4.69) is 5.53 Å². The Bertz CT molecular complexity index is 126. The van der Waals surface area contributed by atoms with Crippen LogP contribution in [0.1, 0.15) is 6.42 Å². The van der Waals surface area contributed by atoms with Crippen molar-refractivity contribution in [1.82, 2.24) is 10.5 Å². The van der Waals surface area contributed by atoms with Crippen molar-refractivity contribution >= 4 is 5.91 Å². The molecular weight excluding hydrogens is 120 g/mol. The standard InChI is InChI=1S/C4H10N4O/c5-3-1-4(9)8(2-3)7-6/h3,7H,1-2,5-6H2. The number of hydrazine groups is 2. The predicted molar refractivity (Wildman–Crippen MR) is 31.6 cm³/mol. The van der Waals surface area contributed by atoms with Gasteiger partial charge in [0.2, 0.25) is 5.91 Å². The Kier molecular flexibility index (Phi) is 1.65. The third-order valence-electron chi connectivity index (χ3n) is 1.31. The predicted octanol–water partition coefficient (Wildman–Crippen LogP) is -2.08. The van der Waals surface area contributed by atoms with E-state index in [9.17, 15) is 4.79 Å². The Labute approximate surface area is 52.9 Å². The molecule has 1 aliphatic rings. The molecule has 1 aliphatic heterocycles. The van der Waals surface area contributed by atoms with Gasteiger partial charge in [-0.3, -0.25) is 15.6 Å². The van der Waals surface area contributed by atoms with E-state index in [-0.39, 0.29) is 11.9 Å². The molecule has 0 bridgehead atoms. The smallest absolute Gasteiger partial charge is 0.239 e. The molecule has 1 atom stereocenters. The van der Waals surface area contributed by atoms with Crippen molar-refractivity contribution in [1.29, 1.82) is 0 Å². The highest BCUT2D eigenvalue weighted by atomic mass is 16.2. The van der Waals surface area contributed by atoms with E-state index in [1.54, 1.807) is 0 Å². The van der Waals surface area contributed by atoms with E-state index in [4.69, 9.17) is 11.6 Å². The van der Waals surface area contributed by atoms with Gasteiger partial charge in [-0.05, 0) is 0 Å². The van der Waals surface area contributed by atoms with Crippen LogP contribution in [0.25, 0.3) is 0 Å². The zero-order valence-corrected chi connectivity index (χ0v) is 5.00. The van der Waals surface area contributed by atoms with Crippen LogP contribution in [-0.2, 0) is 4.79 Å². The minimum absolute atomic E-state index is 0.0370. The van der Waals surface area contributed by atoms with Crippen LogP contribution in [0.15, 0.2) is 0 Å². The van der Waals surface area contributed by atoms with Gasteiger partial charge in [0.15, 0.2) is 0 Å². The highest BCUT2D eigenvalue weighted by Crippen LogP contribution is 2.03. The summed E-state index contributed by atoms with van der Waals surface area (Å²) in [6.07, 6.45) is 0.393. The number of carbonyl (C=O) groups excluding carboxylic acids is 1. The van der Waals surface area contributed by atoms with Gasteiger partial charge in [-0.2, -0.15) is 5.53 Å². The van der Waals surface area contributed by atoms with Crippen molar-refractivity contribution in [2.24, 2.45) is 11.6 Å². The van der Waals surface area contributed by atoms with Crippen molar-refractivity contribution in [3.05, 3.63) is 0 Å². The van der Waals surface area contributed by atoms with Gasteiger partial charge in [0.1, 0.15) is 0 Å². The fourth-order valence-corrected chi connectivity index (χ4v) is 0.860. The molecule has 9 heavy (non-hydrogen) atoms. The SMILES string of the molecule is NNN1CC(N)CC1=O. The Morgan fingerprint density at radius 3 is 2.67 bits per heavy atom. The van der Waals surface area contributed by atoms with Gasteiger partial charge in [-0.1, -0.05) is 0 Å². The second-order valence-corrected chi connectivity index (χ2v) is 2.10. The van der Waals surface area contributed by atoms with Crippen molar-refractivity contribution in [3.63, 3.8) is 0 Å². The molecule has 0 aromatic heterocycles. The lowest BCUT2D eigenvalue weighted by molar-refractivity contribution is -0.130. The molecule has 0 aromatic rings. The lowest BCUT2D eigenvalue weighted by Crippen LogP contribution is -2.44. The van der Waals surface area contributed by atoms with Crippen molar-refractivity contribution in [2.75, 3.05) is 6.54 Å². The minimum Gasteiger partial charge on any atom is -0.326 e. The van der Waals surface area contributed by atoms with E-state index in [1.165, 1.54) is 5.01 Å². The number of carbonyl (C=O) groups is 1. The maximum absolute atomic E-state index is 10.7. The monoisotopic (exact) mass is 130 g/mol. The van der Waals surface area contributed by atoms with Crippen molar-refractivity contribution in [3.8, 4) is 0 Å². The van der Waals surface area contributed by atoms with Crippen molar-refractivity contribution < 1.29 is 4.79 Å². The van der Waals surface area contributed by atoms with E-state index >= 15 is 0 Å². The van der Waals surface area contributed by atoms with Crippen LogP contribution < -0.4 is 17.1 Å². The first kappa shape index (κ1) is 6.47. The summed E-state index contributed by atoms with van der Waals surface area (Å²) in [5.41, 5.74) is 7.68. The normalized spacial score (nSPS) is 27.6. The van der Waals surface area contributed by atoms with Gasteiger partial charge in [0, 0.05) is 12.5 Å². The van der Waals surface area contributed by atoms with Crippen LogP contribution in [0.2, 0.25) is 0 Å². The Hall–Kier alpha value is -0.650. The summed E-state index contributed by atoms with van der Waals surface area (Å²) in [6.45, 7) is 0.509. The first-order valence-electron chi connectivity index (χ1n) is 2.76. The molecule has 0 radical (unpaired) electrons. The molecule has 1 unspecified atom stereocenters. The Morgan fingerprint density at radius 1 is 1.78 bits per heavy atom. The number of hydrogen-bond acceptors (Lipinski definition) is 4. The number of hydrogen-bond donors (Lipinski definition) is 3. The van der Waals surface area contributed by atoms with Crippen LogP contribution in [-0.4, -0.2) is 23.5 Å². The maximum Gasteiger partial charge on any atom is 0.239 e. The number of nitrogens with zero attached hydrogens (tertiary/aromatic N) is 1. The third kappa shape index (κ3) is 1.18. The molecule has 0 aliphatic carbocycles. The summed E-state index contributed by atoms with van der Waals surface area (Å²) >= 11 is 0. The van der Waals surface area contributed by atoms with E-state index in [0.717, 1.165) is 0 Å². The van der Waals surface area contributed by atoms with Gasteiger partial charge in [0.25, 0.3) is 0 Å². The average molecular weight is 130 g/mol. The molecule has 5 nitrogen and oxygen atoms in total. The average Bonchev–Trinajstić information content (AvgIpc) is 2.10. The van der Waals surface area contributed by atoms with Crippen LogP contribution in [0, 0.1) is 0 Å². The summed E-state index contributed by atoms with van der Waals surface area (Å²) in [7, 11) is 0. The maximum atomic E-state index is 10.7. The molecule has 1 fully saturated rings. The molecule has 1 heterocycles. The van der Waals surface area contributed by atoms with Crippen LogP contribution in [0.4, 0.5) is 0 Å². The fourth-order valence-electron chi connectivity index (χ4n) is 0.860. The van der Waals surface area contributed by atoms with E-state index < -0.39 is 0 Å². The highest BCUT2D eigenvalue weighted by molar-refractivity contribution is 5.78. The largest absolute Gasteiger partial charge is 0.326 e. The fraction of sp³-hybridized carbons (Fsp3) is 0.750. The lowest BCUT2D eigenvalue weighted by atomic mass is 10.3. The summed E-state index contributed by atoms with van der Waals surface area (Å²) in [5.74, 6) is 4.95. The van der Waals surface area contributed by atoms with Gasteiger partial charge < -0.3 is 5.73 Å². The molecule has 0 spiro atoms. The second kappa shape index (κ2) is 2.30. The topological polar surface area (TPSA) is 84.4 Å². The van der Waals surface area contributed by atoms with Gasteiger partial charge in [0.05, 0.1) is 6.54 Å². The van der Waals surface area contributed by atoms with Crippen molar-refractivity contribution in [2.45, 2.75) is 12.5 Å². The number of nitrogens with two attached hydrogens (primary N) is 2. The molecule has 1 rings (SSSR count). The zero-order chi connectivity index (χ0) is 6.85. The van der Waals surface area contributed by atoms with E-state index in [1.807, 2.05) is 0 Å². The summed E-state index contributed by atoms with van der Waals surface area (Å²) < 4.78 is 0. The van der Waals surface area contributed by atoms with Crippen LogP contribution in [0.3, 0.4) is 0 Å². The van der Waals surface area contributed by atoms with Gasteiger partial charge >= 0.3 is 0 Å². The number of nitrogens with one attached hydrogen (secondary N) is 1. The Balaban J connectivity index is 2.48. The van der Waals surface area contributed by atoms with Gasteiger partial charge in [-0.15, -0.1) is 0 Å². The third-order valence-corrected chi connectivity index (χ3v) is 1.31. The second-order valence-electron chi connectivity index (χ2n) is 2.10. The molecule has 52 valence electrons. The molecule has 1 amide bonds. The molecular formula is C4H10N4O. The number of rotatable bonds is 1. The lowest BCUT2D eigenvalue weighted by Gasteiger charge is -2.11. The minimum atomic E-state index is -0.0615. The molecule has 0 aromatic carbocycles. The summed E-state index contributed by atoms with van der Waals surface area (Å²) in [5, 5.41) is 1.31. The molecule has 0 saturated carbocycles. The van der Waals surface area contributed by atoms with Crippen LogP contribution >= 0.6 is 0 Å². The molecule has 5 heteroatoms. The summed E-state index contributed by atoms with van der Waals surface area (Å²) in [4.78, 5) is 10.7. The Morgan fingerprint density at radius 2 is 2.44 bits per heavy atom. The first-order chi connectivity index (χ1) is 4.24. The number of amides is 1.